The summed E-state index contributed by atoms with van der Waals surface area (Å²) in [4.78, 5) is 13.7. The number of aromatic hydroxyl groups is 1. The van der Waals surface area contributed by atoms with Crippen LogP contribution in [0.3, 0.4) is 0 Å². The van der Waals surface area contributed by atoms with E-state index in [4.69, 9.17) is 0 Å². The van der Waals surface area contributed by atoms with Crippen LogP contribution in [0.15, 0.2) is 35.3 Å². The molecule has 14 heavy (non-hydrogen) atoms. The Bertz CT molecular complexity index is 494. The molecule has 2 N–H and O–H groups in total. The lowest BCUT2D eigenvalue weighted by Gasteiger charge is -2.02. The van der Waals surface area contributed by atoms with Crippen molar-refractivity contribution < 1.29 is 5.11 Å². The summed E-state index contributed by atoms with van der Waals surface area (Å²) >= 11 is 0. The third-order valence-corrected chi connectivity index (χ3v) is 2.05. The van der Waals surface area contributed by atoms with E-state index in [9.17, 15) is 9.90 Å². The molecule has 0 amide bonds. The van der Waals surface area contributed by atoms with E-state index in [1.807, 2.05) is 19.1 Å². The number of rotatable bonds is 1. The number of nitrogens with zero attached hydrogens (tertiary/aromatic N) is 1. The van der Waals surface area contributed by atoms with Crippen LogP contribution in [0.4, 0.5) is 0 Å². The van der Waals surface area contributed by atoms with Crippen molar-refractivity contribution in [3.63, 3.8) is 0 Å². The maximum absolute atomic E-state index is 11.3. The monoisotopic (exact) mass is 190 g/mol. The predicted molar refractivity (Wildman–Crippen MR) is 52.8 cm³/mol. The van der Waals surface area contributed by atoms with Crippen LogP contribution >= 0.6 is 0 Å². The van der Waals surface area contributed by atoms with Crippen molar-refractivity contribution in [3.05, 3.63) is 46.5 Å². The molecule has 72 valence electrons. The average molecular weight is 190 g/mol. The second-order valence-electron chi connectivity index (χ2n) is 3.12. The van der Waals surface area contributed by atoms with Crippen LogP contribution in [-0.4, -0.2) is 14.7 Å². The maximum atomic E-state index is 11.3. The van der Waals surface area contributed by atoms with Crippen molar-refractivity contribution in [2.45, 2.75) is 6.92 Å². The summed E-state index contributed by atoms with van der Waals surface area (Å²) in [5, 5.41) is 9.39. The number of aromatic amines is 1. The summed E-state index contributed by atoms with van der Waals surface area (Å²) in [7, 11) is 0. The highest BCUT2D eigenvalue weighted by Gasteiger charge is 2.05. The van der Waals surface area contributed by atoms with Crippen LogP contribution < -0.4 is 5.69 Å². The zero-order chi connectivity index (χ0) is 10.1. The summed E-state index contributed by atoms with van der Waals surface area (Å²) in [6.45, 7) is 1.96. The first-order valence-corrected chi connectivity index (χ1v) is 4.25. The second-order valence-corrected chi connectivity index (χ2v) is 3.12. The predicted octanol–water partition coefficient (Wildman–Crippen LogP) is 1.18. The van der Waals surface area contributed by atoms with Crippen LogP contribution in [0.1, 0.15) is 5.56 Å². The van der Waals surface area contributed by atoms with Crippen molar-refractivity contribution in [2.24, 2.45) is 0 Å². The van der Waals surface area contributed by atoms with Crippen molar-refractivity contribution >= 4 is 0 Å². The molecule has 0 radical (unpaired) electrons. The van der Waals surface area contributed by atoms with Gasteiger partial charge in [-0.05, 0) is 19.1 Å². The Hall–Kier alpha value is -1.97. The topological polar surface area (TPSA) is 58.0 Å². The van der Waals surface area contributed by atoms with Gasteiger partial charge in [0, 0.05) is 0 Å². The summed E-state index contributed by atoms with van der Waals surface area (Å²) < 4.78 is 1.21. The maximum Gasteiger partial charge on any atom is 0.333 e. The molecular formula is C10H10N2O2. The Morgan fingerprint density at radius 2 is 1.93 bits per heavy atom. The Labute approximate surface area is 80.4 Å². The van der Waals surface area contributed by atoms with Gasteiger partial charge in [-0.2, -0.15) is 0 Å². The molecule has 0 bridgehead atoms. The second kappa shape index (κ2) is 3.06. The standard InChI is InChI=1S/C10H10N2O2/c1-7-2-4-8(5-3-7)12-9(13)6-11-10(12)14/h2-6,13H,1H3,(H,11,14). The molecule has 1 heterocycles. The molecule has 2 aromatic rings. The highest BCUT2D eigenvalue weighted by Crippen LogP contribution is 2.13. The zero-order valence-corrected chi connectivity index (χ0v) is 7.69. The van der Waals surface area contributed by atoms with Gasteiger partial charge < -0.3 is 10.1 Å². The summed E-state index contributed by atoms with van der Waals surface area (Å²) in [5.74, 6) is -0.0844. The fourth-order valence-electron chi connectivity index (χ4n) is 1.30. The number of nitrogens with one attached hydrogen (secondary N) is 1. The summed E-state index contributed by atoms with van der Waals surface area (Å²) in [6.07, 6.45) is 1.27. The van der Waals surface area contributed by atoms with Crippen LogP contribution in [-0.2, 0) is 0 Å². The van der Waals surface area contributed by atoms with Gasteiger partial charge in [0.25, 0.3) is 0 Å². The first-order valence-electron chi connectivity index (χ1n) is 4.25. The van der Waals surface area contributed by atoms with E-state index in [1.165, 1.54) is 10.8 Å². The number of benzene rings is 1. The Morgan fingerprint density at radius 1 is 1.29 bits per heavy atom. The van der Waals surface area contributed by atoms with E-state index in [0.717, 1.165) is 5.56 Å². The van der Waals surface area contributed by atoms with Gasteiger partial charge in [0.15, 0.2) is 0 Å². The molecule has 0 aliphatic rings. The highest BCUT2D eigenvalue weighted by atomic mass is 16.3. The molecule has 0 fully saturated rings. The fraction of sp³-hybridized carbons (Fsp3) is 0.100. The third-order valence-electron chi connectivity index (χ3n) is 2.05. The third kappa shape index (κ3) is 1.31. The SMILES string of the molecule is Cc1ccc(-n2c(O)c[nH]c2=O)cc1. The number of aromatic nitrogens is 2. The van der Waals surface area contributed by atoms with E-state index in [0.29, 0.717) is 5.69 Å². The Morgan fingerprint density at radius 3 is 2.43 bits per heavy atom. The first kappa shape index (κ1) is 8.62. The molecule has 0 unspecified atom stereocenters. The van der Waals surface area contributed by atoms with E-state index in [2.05, 4.69) is 4.98 Å². The van der Waals surface area contributed by atoms with Crippen LogP contribution in [0, 0.1) is 6.92 Å². The van der Waals surface area contributed by atoms with Crippen LogP contribution in [0.5, 0.6) is 5.88 Å². The summed E-state index contributed by atoms with van der Waals surface area (Å²) in [6, 6.07) is 7.33. The zero-order valence-electron chi connectivity index (χ0n) is 7.69. The van der Waals surface area contributed by atoms with Crippen molar-refractivity contribution in [1.29, 1.82) is 0 Å². The van der Waals surface area contributed by atoms with Gasteiger partial charge in [-0.25, -0.2) is 9.36 Å². The normalized spacial score (nSPS) is 10.4. The lowest BCUT2D eigenvalue weighted by atomic mass is 10.2. The van der Waals surface area contributed by atoms with Gasteiger partial charge in [-0.15, -0.1) is 0 Å². The average Bonchev–Trinajstić information content (AvgIpc) is 2.49. The van der Waals surface area contributed by atoms with Crippen LogP contribution in [0.2, 0.25) is 0 Å². The molecule has 4 nitrogen and oxygen atoms in total. The number of hydrogen-bond donors (Lipinski definition) is 2. The minimum atomic E-state index is -0.341. The smallest absolute Gasteiger partial charge is 0.333 e. The number of aryl methyl sites for hydroxylation is 1. The molecular weight excluding hydrogens is 180 g/mol. The summed E-state index contributed by atoms with van der Waals surface area (Å²) in [5.41, 5.74) is 1.42. The van der Waals surface area contributed by atoms with Crippen LogP contribution in [0.25, 0.3) is 5.69 Å². The largest absolute Gasteiger partial charge is 0.493 e. The van der Waals surface area contributed by atoms with E-state index in [1.54, 1.807) is 12.1 Å². The number of H-pyrrole nitrogens is 1. The van der Waals surface area contributed by atoms with E-state index in [-0.39, 0.29) is 11.6 Å². The molecule has 0 saturated carbocycles. The molecule has 4 heteroatoms. The molecule has 0 spiro atoms. The van der Waals surface area contributed by atoms with Crippen molar-refractivity contribution in [3.8, 4) is 11.6 Å². The molecule has 0 saturated heterocycles. The quantitative estimate of drug-likeness (QED) is 0.709. The molecule has 0 atom stereocenters. The molecule has 2 rings (SSSR count). The van der Waals surface area contributed by atoms with E-state index < -0.39 is 0 Å². The number of hydrogen-bond acceptors (Lipinski definition) is 2. The molecule has 1 aromatic carbocycles. The van der Waals surface area contributed by atoms with Crippen molar-refractivity contribution in [1.82, 2.24) is 9.55 Å². The lowest BCUT2D eigenvalue weighted by Crippen LogP contribution is -2.14. The van der Waals surface area contributed by atoms with Gasteiger partial charge in [0.2, 0.25) is 5.88 Å². The lowest BCUT2D eigenvalue weighted by molar-refractivity contribution is 0.441. The van der Waals surface area contributed by atoms with Gasteiger partial charge in [-0.3, -0.25) is 0 Å². The van der Waals surface area contributed by atoms with Gasteiger partial charge in [0.1, 0.15) is 0 Å². The fourth-order valence-corrected chi connectivity index (χ4v) is 1.30. The number of imidazole rings is 1. The molecule has 1 aromatic heterocycles. The molecule has 0 aliphatic heterocycles. The Balaban J connectivity index is 2.60. The Kier molecular flexibility index (Phi) is 1.89. The van der Waals surface area contributed by atoms with Crippen molar-refractivity contribution in [2.75, 3.05) is 0 Å². The minimum absolute atomic E-state index is 0.0844. The first-order chi connectivity index (χ1) is 6.68. The minimum Gasteiger partial charge on any atom is -0.493 e. The van der Waals surface area contributed by atoms with Gasteiger partial charge in [0.05, 0.1) is 11.9 Å². The van der Waals surface area contributed by atoms with E-state index >= 15 is 0 Å². The highest BCUT2D eigenvalue weighted by molar-refractivity contribution is 5.36. The van der Waals surface area contributed by atoms with Gasteiger partial charge in [-0.1, -0.05) is 17.7 Å². The van der Waals surface area contributed by atoms with Gasteiger partial charge >= 0.3 is 5.69 Å². The molecule has 0 aliphatic carbocycles.